The highest BCUT2D eigenvalue weighted by molar-refractivity contribution is 5.57. The van der Waals surface area contributed by atoms with Crippen molar-refractivity contribution in [2.75, 3.05) is 19.0 Å². The van der Waals surface area contributed by atoms with Gasteiger partial charge in [0.05, 0.1) is 0 Å². The Balaban J connectivity index is 3.05. The summed E-state index contributed by atoms with van der Waals surface area (Å²) in [5, 5.41) is 0. The van der Waals surface area contributed by atoms with Crippen molar-refractivity contribution in [1.29, 1.82) is 0 Å². The third-order valence-corrected chi connectivity index (χ3v) is 2.78. The SMILES string of the molecule is CC(C)c1ccc(N(C)C)c(CCC=O)c1. The summed E-state index contributed by atoms with van der Waals surface area (Å²) >= 11 is 0. The van der Waals surface area contributed by atoms with E-state index in [0.717, 1.165) is 12.7 Å². The Hall–Kier alpha value is -1.31. The Morgan fingerprint density at radius 2 is 2.00 bits per heavy atom. The Morgan fingerprint density at radius 3 is 2.50 bits per heavy atom. The molecule has 0 aliphatic rings. The van der Waals surface area contributed by atoms with Crippen LogP contribution in [-0.2, 0) is 11.2 Å². The number of benzene rings is 1. The Labute approximate surface area is 98.3 Å². The van der Waals surface area contributed by atoms with E-state index in [0.29, 0.717) is 12.3 Å². The largest absolute Gasteiger partial charge is 0.377 e. The van der Waals surface area contributed by atoms with E-state index < -0.39 is 0 Å². The molecular weight excluding hydrogens is 198 g/mol. The van der Waals surface area contributed by atoms with E-state index in [4.69, 9.17) is 0 Å². The zero-order valence-electron chi connectivity index (χ0n) is 10.7. The van der Waals surface area contributed by atoms with Crippen molar-refractivity contribution in [3.8, 4) is 0 Å². The van der Waals surface area contributed by atoms with E-state index in [1.54, 1.807) is 0 Å². The van der Waals surface area contributed by atoms with Crippen molar-refractivity contribution in [2.45, 2.75) is 32.6 Å². The third kappa shape index (κ3) is 3.09. The number of anilines is 1. The zero-order valence-corrected chi connectivity index (χ0v) is 10.7. The summed E-state index contributed by atoms with van der Waals surface area (Å²) in [6.07, 6.45) is 2.42. The summed E-state index contributed by atoms with van der Waals surface area (Å²) in [6, 6.07) is 6.55. The molecule has 0 unspecified atom stereocenters. The molecule has 0 aromatic heterocycles. The van der Waals surface area contributed by atoms with Gasteiger partial charge in [0.2, 0.25) is 0 Å². The lowest BCUT2D eigenvalue weighted by Gasteiger charge is -2.19. The fourth-order valence-electron chi connectivity index (χ4n) is 1.82. The van der Waals surface area contributed by atoms with Crippen LogP contribution in [0.3, 0.4) is 0 Å². The predicted molar refractivity (Wildman–Crippen MR) is 69.2 cm³/mol. The molecule has 1 rings (SSSR count). The molecule has 0 bridgehead atoms. The summed E-state index contributed by atoms with van der Waals surface area (Å²) in [5.74, 6) is 0.534. The van der Waals surface area contributed by atoms with Crippen LogP contribution in [0.5, 0.6) is 0 Å². The molecule has 0 heterocycles. The van der Waals surface area contributed by atoms with Crippen molar-refractivity contribution in [3.05, 3.63) is 29.3 Å². The lowest BCUT2D eigenvalue weighted by Crippen LogP contribution is -2.12. The van der Waals surface area contributed by atoms with Gasteiger partial charge in [-0.3, -0.25) is 0 Å². The standard InChI is InChI=1S/C14H21NO/c1-11(2)12-7-8-14(15(3)4)13(10-12)6-5-9-16/h7-11H,5-6H2,1-4H3. The van der Waals surface area contributed by atoms with Gasteiger partial charge in [-0.25, -0.2) is 0 Å². The van der Waals surface area contributed by atoms with E-state index in [9.17, 15) is 4.79 Å². The molecule has 0 saturated heterocycles. The molecule has 2 nitrogen and oxygen atoms in total. The van der Waals surface area contributed by atoms with Gasteiger partial charge in [0, 0.05) is 26.2 Å². The minimum Gasteiger partial charge on any atom is -0.377 e. The second kappa shape index (κ2) is 5.69. The van der Waals surface area contributed by atoms with Gasteiger partial charge in [-0.1, -0.05) is 26.0 Å². The highest BCUT2D eigenvalue weighted by Gasteiger charge is 2.07. The molecule has 0 N–H and O–H groups in total. The van der Waals surface area contributed by atoms with Crippen molar-refractivity contribution in [1.82, 2.24) is 0 Å². The van der Waals surface area contributed by atoms with Crippen molar-refractivity contribution in [3.63, 3.8) is 0 Å². The molecule has 1 aromatic carbocycles. The quantitative estimate of drug-likeness (QED) is 0.709. The van der Waals surface area contributed by atoms with Crippen molar-refractivity contribution >= 4 is 12.0 Å². The number of rotatable bonds is 5. The third-order valence-electron chi connectivity index (χ3n) is 2.78. The summed E-state index contributed by atoms with van der Waals surface area (Å²) in [6.45, 7) is 4.38. The molecule has 0 radical (unpaired) electrons. The smallest absolute Gasteiger partial charge is 0.120 e. The van der Waals surface area contributed by atoms with Crippen LogP contribution >= 0.6 is 0 Å². The van der Waals surface area contributed by atoms with Gasteiger partial charge in [0.1, 0.15) is 6.29 Å². The number of hydrogen-bond acceptors (Lipinski definition) is 2. The van der Waals surface area contributed by atoms with Crippen molar-refractivity contribution < 1.29 is 4.79 Å². The van der Waals surface area contributed by atoms with Crippen LogP contribution in [0.15, 0.2) is 18.2 Å². The highest BCUT2D eigenvalue weighted by Crippen LogP contribution is 2.25. The Bertz CT molecular complexity index is 356. The Morgan fingerprint density at radius 1 is 1.31 bits per heavy atom. The minimum atomic E-state index is 0.534. The predicted octanol–water partition coefficient (Wildman–Crippen LogP) is 3.01. The van der Waals surface area contributed by atoms with Gasteiger partial charge in [0.15, 0.2) is 0 Å². The fourth-order valence-corrected chi connectivity index (χ4v) is 1.82. The lowest BCUT2D eigenvalue weighted by molar-refractivity contribution is -0.107. The van der Waals surface area contributed by atoms with Crippen LogP contribution < -0.4 is 4.90 Å². The maximum Gasteiger partial charge on any atom is 0.120 e. The molecule has 0 saturated carbocycles. The molecule has 88 valence electrons. The number of aldehydes is 1. The van der Waals surface area contributed by atoms with E-state index >= 15 is 0 Å². The number of carbonyl (C=O) groups is 1. The summed E-state index contributed by atoms with van der Waals surface area (Å²) in [5.41, 5.74) is 3.82. The molecule has 0 fully saturated rings. The van der Waals surface area contributed by atoms with E-state index in [1.807, 2.05) is 14.1 Å². The average Bonchev–Trinajstić information content (AvgIpc) is 2.25. The zero-order chi connectivity index (χ0) is 12.1. The first-order valence-electron chi connectivity index (χ1n) is 5.80. The molecule has 0 amide bonds. The van der Waals surface area contributed by atoms with Gasteiger partial charge < -0.3 is 9.69 Å². The number of nitrogens with zero attached hydrogens (tertiary/aromatic N) is 1. The second-order valence-corrected chi connectivity index (χ2v) is 4.64. The van der Waals surface area contributed by atoms with Gasteiger partial charge in [-0.15, -0.1) is 0 Å². The van der Waals surface area contributed by atoms with E-state index in [-0.39, 0.29) is 0 Å². The fraction of sp³-hybridized carbons (Fsp3) is 0.500. The molecular formula is C14H21NO. The van der Waals surface area contributed by atoms with Crippen LogP contribution in [0, 0.1) is 0 Å². The van der Waals surface area contributed by atoms with Crippen LogP contribution in [0.2, 0.25) is 0 Å². The number of hydrogen-bond donors (Lipinski definition) is 0. The molecule has 0 aliphatic heterocycles. The van der Waals surface area contributed by atoms with Gasteiger partial charge >= 0.3 is 0 Å². The van der Waals surface area contributed by atoms with Crippen LogP contribution in [0.25, 0.3) is 0 Å². The van der Waals surface area contributed by atoms with Gasteiger partial charge in [-0.05, 0) is 29.5 Å². The summed E-state index contributed by atoms with van der Waals surface area (Å²) in [7, 11) is 4.07. The average molecular weight is 219 g/mol. The summed E-state index contributed by atoms with van der Waals surface area (Å²) < 4.78 is 0. The van der Waals surface area contributed by atoms with Crippen LogP contribution in [-0.4, -0.2) is 20.4 Å². The maximum absolute atomic E-state index is 10.5. The minimum absolute atomic E-state index is 0.534. The lowest BCUT2D eigenvalue weighted by atomic mass is 9.97. The molecule has 0 aliphatic carbocycles. The maximum atomic E-state index is 10.5. The van der Waals surface area contributed by atoms with Crippen LogP contribution in [0.4, 0.5) is 5.69 Å². The van der Waals surface area contributed by atoms with Crippen molar-refractivity contribution in [2.24, 2.45) is 0 Å². The molecule has 0 atom stereocenters. The highest BCUT2D eigenvalue weighted by atomic mass is 16.1. The van der Waals surface area contributed by atoms with Gasteiger partial charge in [-0.2, -0.15) is 0 Å². The van der Waals surface area contributed by atoms with Crippen LogP contribution in [0.1, 0.15) is 37.3 Å². The number of aryl methyl sites for hydroxylation is 1. The molecule has 16 heavy (non-hydrogen) atoms. The number of carbonyl (C=O) groups excluding carboxylic acids is 1. The molecule has 0 spiro atoms. The first-order chi connectivity index (χ1) is 7.56. The van der Waals surface area contributed by atoms with E-state index in [2.05, 4.69) is 36.9 Å². The second-order valence-electron chi connectivity index (χ2n) is 4.64. The Kier molecular flexibility index (Phi) is 4.53. The van der Waals surface area contributed by atoms with Gasteiger partial charge in [0.25, 0.3) is 0 Å². The normalized spacial score (nSPS) is 10.6. The topological polar surface area (TPSA) is 20.3 Å². The molecule has 2 heteroatoms. The first-order valence-corrected chi connectivity index (χ1v) is 5.80. The summed E-state index contributed by atoms with van der Waals surface area (Å²) in [4.78, 5) is 12.6. The molecule has 1 aromatic rings. The first kappa shape index (κ1) is 12.8. The monoisotopic (exact) mass is 219 g/mol. The van der Waals surface area contributed by atoms with E-state index in [1.165, 1.54) is 16.8 Å².